The number of thioether (sulfide) groups is 1. The van der Waals surface area contributed by atoms with Crippen molar-refractivity contribution in [3.05, 3.63) is 30.1 Å². The van der Waals surface area contributed by atoms with E-state index in [0.29, 0.717) is 23.9 Å². The summed E-state index contributed by atoms with van der Waals surface area (Å²) in [6.45, 7) is 1.16. The number of rotatable bonds is 6. The van der Waals surface area contributed by atoms with E-state index in [-0.39, 0.29) is 24.1 Å². The van der Waals surface area contributed by atoms with Gasteiger partial charge in [0.1, 0.15) is 11.9 Å². The first kappa shape index (κ1) is 15.8. The molecule has 112 valence electrons. The number of halogens is 1. The molecule has 4 nitrogen and oxygen atoms in total. The topological polar surface area (TPSA) is 62.1 Å². The number of nitrogens with one attached hydrogen (secondary N) is 1. The Kier molecular flexibility index (Phi) is 6.03. The van der Waals surface area contributed by atoms with Crippen LogP contribution in [0, 0.1) is 23.1 Å². The van der Waals surface area contributed by atoms with Gasteiger partial charge in [0, 0.05) is 29.6 Å². The summed E-state index contributed by atoms with van der Waals surface area (Å²) in [5, 5.41) is 11.8. The molecule has 21 heavy (non-hydrogen) atoms. The number of ether oxygens (including phenoxy) is 1. The molecule has 1 aliphatic heterocycles. The molecule has 1 aromatic carbocycles. The Morgan fingerprint density at radius 3 is 3.05 bits per heavy atom. The van der Waals surface area contributed by atoms with Gasteiger partial charge in [-0.05, 0) is 18.6 Å². The Hall–Kier alpha value is -1.58. The van der Waals surface area contributed by atoms with Crippen molar-refractivity contribution >= 4 is 17.7 Å². The van der Waals surface area contributed by atoms with Crippen molar-refractivity contribution in [3.8, 4) is 6.07 Å². The second kappa shape index (κ2) is 8.01. The van der Waals surface area contributed by atoms with Crippen LogP contribution in [0.25, 0.3) is 0 Å². The van der Waals surface area contributed by atoms with Gasteiger partial charge in [0.15, 0.2) is 0 Å². The molecule has 0 aromatic heterocycles. The largest absolute Gasteiger partial charge is 0.381 e. The minimum atomic E-state index is -0.501. The Morgan fingerprint density at radius 1 is 1.57 bits per heavy atom. The third-order valence-corrected chi connectivity index (χ3v) is 4.37. The average Bonchev–Trinajstić information content (AvgIpc) is 3.01. The van der Waals surface area contributed by atoms with Crippen LogP contribution in [0.4, 0.5) is 4.39 Å². The summed E-state index contributed by atoms with van der Waals surface area (Å²) in [5.41, 5.74) is 0. The molecule has 0 saturated carbocycles. The molecular formula is C15H17FN2O2S. The summed E-state index contributed by atoms with van der Waals surface area (Å²) >= 11 is 1.30. The molecule has 2 rings (SSSR count). The van der Waals surface area contributed by atoms with E-state index in [4.69, 9.17) is 10.00 Å². The summed E-state index contributed by atoms with van der Waals surface area (Å²) in [4.78, 5) is 12.4. The Labute approximate surface area is 127 Å². The molecule has 1 fully saturated rings. The zero-order valence-electron chi connectivity index (χ0n) is 11.5. The predicted octanol–water partition coefficient (Wildman–Crippen LogP) is 2.35. The number of amides is 1. The van der Waals surface area contributed by atoms with Crippen molar-refractivity contribution in [2.45, 2.75) is 23.8 Å². The minimum absolute atomic E-state index is 0.0678. The molecular weight excluding hydrogens is 291 g/mol. The maximum Gasteiger partial charge on any atom is 0.221 e. The standard InChI is InChI=1S/C15H17FN2O2S/c16-12-3-1-2-4-14(12)21-8-6-15(19)18-13(9-17)11-5-7-20-10-11/h1-4,11,13H,5-8,10H2,(H,18,19)/t11-,13-/m1/s1. The van der Waals surface area contributed by atoms with Crippen LogP contribution in [0.5, 0.6) is 0 Å². The lowest BCUT2D eigenvalue weighted by molar-refractivity contribution is -0.121. The molecule has 1 heterocycles. The Bertz CT molecular complexity index is 527. The third kappa shape index (κ3) is 4.73. The summed E-state index contributed by atoms with van der Waals surface area (Å²) in [7, 11) is 0. The smallest absolute Gasteiger partial charge is 0.221 e. The zero-order valence-corrected chi connectivity index (χ0v) is 12.4. The van der Waals surface area contributed by atoms with Gasteiger partial charge in [-0.3, -0.25) is 4.79 Å². The van der Waals surface area contributed by atoms with Crippen LogP contribution in [0.2, 0.25) is 0 Å². The average molecular weight is 308 g/mol. The summed E-state index contributed by atoms with van der Waals surface area (Å²) < 4.78 is 18.6. The molecule has 0 bridgehead atoms. The van der Waals surface area contributed by atoms with Crippen LogP contribution < -0.4 is 5.32 Å². The van der Waals surface area contributed by atoms with Gasteiger partial charge in [-0.2, -0.15) is 5.26 Å². The monoisotopic (exact) mass is 308 g/mol. The van der Waals surface area contributed by atoms with E-state index in [0.717, 1.165) is 6.42 Å². The molecule has 1 aromatic rings. The van der Waals surface area contributed by atoms with E-state index < -0.39 is 6.04 Å². The van der Waals surface area contributed by atoms with Crippen molar-refractivity contribution < 1.29 is 13.9 Å². The SMILES string of the molecule is N#C[C@@H](NC(=O)CCSc1ccccc1F)[C@@H]1CCOC1. The van der Waals surface area contributed by atoms with Crippen LogP contribution in [-0.2, 0) is 9.53 Å². The van der Waals surface area contributed by atoms with E-state index in [9.17, 15) is 9.18 Å². The molecule has 1 amide bonds. The van der Waals surface area contributed by atoms with Crippen molar-refractivity contribution in [1.82, 2.24) is 5.32 Å². The number of hydrogen-bond donors (Lipinski definition) is 1. The number of nitrogens with zero attached hydrogens (tertiary/aromatic N) is 1. The van der Waals surface area contributed by atoms with Gasteiger partial charge in [-0.25, -0.2) is 4.39 Å². The lowest BCUT2D eigenvalue weighted by atomic mass is 10.0. The maximum atomic E-state index is 13.4. The van der Waals surface area contributed by atoms with Gasteiger partial charge < -0.3 is 10.1 Å². The van der Waals surface area contributed by atoms with E-state index >= 15 is 0 Å². The first-order valence-corrected chi connectivity index (χ1v) is 7.83. The Morgan fingerprint density at radius 2 is 2.38 bits per heavy atom. The van der Waals surface area contributed by atoms with Crippen LogP contribution in [0.15, 0.2) is 29.2 Å². The molecule has 2 atom stereocenters. The zero-order chi connectivity index (χ0) is 15.1. The minimum Gasteiger partial charge on any atom is -0.381 e. The van der Waals surface area contributed by atoms with Gasteiger partial charge in [0.2, 0.25) is 5.91 Å². The molecule has 1 saturated heterocycles. The molecule has 1 aliphatic rings. The predicted molar refractivity (Wildman–Crippen MR) is 78.2 cm³/mol. The van der Waals surface area contributed by atoms with Crippen LogP contribution in [-0.4, -0.2) is 30.9 Å². The van der Waals surface area contributed by atoms with Gasteiger partial charge in [-0.1, -0.05) is 12.1 Å². The van der Waals surface area contributed by atoms with Crippen LogP contribution in [0.1, 0.15) is 12.8 Å². The van der Waals surface area contributed by atoms with E-state index in [1.807, 2.05) is 0 Å². The first-order chi connectivity index (χ1) is 10.2. The molecule has 0 spiro atoms. The highest BCUT2D eigenvalue weighted by Crippen LogP contribution is 2.22. The fraction of sp³-hybridized carbons (Fsp3) is 0.467. The molecule has 6 heteroatoms. The lowest BCUT2D eigenvalue weighted by Gasteiger charge is -2.16. The molecule has 0 aliphatic carbocycles. The number of carbonyl (C=O) groups excluding carboxylic acids is 1. The Balaban J connectivity index is 1.74. The summed E-state index contributed by atoms with van der Waals surface area (Å²) in [5.74, 6) is 0.0860. The molecule has 0 radical (unpaired) electrons. The lowest BCUT2D eigenvalue weighted by Crippen LogP contribution is -2.39. The van der Waals surface area contributed by atoms with Crippen molar-refractivity contribution in [1.29, 1.82) is 5.26 Å². The van der Waals surface area contributed by atoms with Crippen LogP contribution >= 0.6 is 11.8 Å². The second-order valence-corrected chi connectivity index (χ2v) is 5.96. The third-order valence-electron chi connectivity index (χ3n) is 3.32. The number of hydrogen-bond acceptors (Lipinski definition) is 4. The van der Waals surface area contributed by atoms with Gasteiger partial charge in [0.05, 0.1) is 12.7 Å². The van der Waals surface area contributed by atoms with Gasteiger partial charge in [-0.15, -0.1) is 11.8 Å². The highest BCUT2D eigenvalue weighted by atomic mass is 32.2. The van der Waals surface area contributed by atoms with E-state index in [1.54, 1.807) is 18.2 Å². The summed E-state index contributed by atoms with van der Waals surface area (Å²) in [6.07, 6.45) is 1.05. The summed E-state index contributed by atoms with van der Waals surface area (Å²) in [6, 6.07) is 8.09. The number of nitriles is 1. The quantitative estimate of drug-likeness (QED) is 0.820. The highest BCUT2D eigenvalue weighted by molar-refractivity contribution is 7.99. The van der Waals surface area contributed by atoms with Crippen LogP contribution in [0.3, 0.4) is 0 Å². The first-order valence-electron chi connectivity index (χ1n) is 6.84. The highest BCUT2D eigenvalue weighted by Gasteiger charge is 2.26. The number of carbonyl (C=O) groups is 1. The molecule has 1 N–H and O–H groups in total. The fourth-order valence-corrected chi connectivity index (χ4v) is 3.02. The molecule has 0 unspecified atom stereocenters. The van der Waals surface area contributed by atoms with Crippen molar-refractivity contribution in [3.63, 3.8) is 0 Å². The van der Waals surface area contributed by atoms with Gasteiger partial charge >= 0.3 is 0 Å². The normalized spacial score (nSPS) is 19.0. The second-order valence-electron chi connectivity index (χ2n) is 4.83. The van der Waals surface area contributed by atoms with Crippen molar-refractivity contribution in [2.75, 3.05) is 19.0 Å². The van der Waals surface area contributed by atoms with E-state index in [2.05, 4.69) is 11.4 Å². The van der Waals surface area contributed by atoms with E-state index in [1.165, 1.54) is 17.8 Å². The van der Waals surface area contributed by atoms with Crippen molar-refractivity contribution in [2.24, 2.45) is 5.92 Å². The van der Waals surface area contributed by atoms with Gasteiger partial charge in [0.25, 0.3) is 0 Å². The maximum absolute atomic E-state index is 13.4. The number of benzene rings is 1. The fourth-order valence-electron chi connectivity index (χ4n) is 2.13.